The van der Waals surface area contributed by atoms with Gasteiger partial charge in [0.05, 0.1) is 5.39 Å². The van der Waals surface area contributed by atoms with E-state index in [1.165, 1.54) is 0 Å². The summed E-state index contributed by atoms with van der Waals surface area (Å²) in [6.07, 6.45) is 1.89. The summed E-state index contributed by atoms with van der Waals surface area (Å²) in [5.41, 5.74) is 1.54. The Morgan fingerprint density at radius 3 is 2.88 bits per heavy atom. The third-order valence-corrected chi connectivity index (χ3v) is 2.69. The Kier molecular flexibility index (Phi) is 2.60. The van der Waals surface area contributed by atoms with Crippen molar-refractivity contribution in [3.8, 4) is 0 Å². The van der Waals surface area contributed by atoms with Crippen LogP contribution in [0, 0.1) is 5.82 Å². The van der Waals surface area contributed by atoms with Gasteiger partial charge in [0.1, 0.15) is 5.82 Å². The van der Waals surface area contributed by atoms with Gasteiger partial charge in [0.2, 0.25) is 0 Å². The van der Waals surface area contributed by atoms with Crippen LogP contribution in [-0.2, 0) is 0 Å². The van der Waals surface area contributed by atoms with Crippen molar-refractivity contribution in [1.82, 2.24) is 4.98 Å². The van der Waals surface area contributed by atoms with Gasteiger partial charge in [0.15, 0.2) is 0 Å². The second-order valence-electron chi connectivity index (χ2n) is 3.68. The number of aromatic amines is 1. The van der Waals surface area contributed by atoms with Crippen LogP contribution in [0.4, 0.5) is 4.39 Å². The van der Waals surface area contributed by atoms with Crippen LogP contribution in [0.25, 0.3) is 16.3 Å². The van der Waals surface area contributed by atoms with E-state index < -0.39 is 5.82 Å². The van der Waals surface area contributed by atoms with Crippen LogP contribution in [-0.4, -0.2) is 4.98 Å². The lowest BCUT2D eigenvalue weighted by Gasteiger charge is -2.04. The Bertz CT molecular complexity index is 613. The molecule has 0 aliphatic rings. The molecule has 2 aromatic rings. The van der Waals surface area contributed by atoms with Crippen LogP contribution in [0.2, 0.25) is 0 Å². The molecule has 3 heteroatoms. The average Bonchev–Trinajstić information content (AvgIpc) is 2.32. The second-order valence-corrected chi connectivity index (χ2v) is 3.68. The highest BCUT2D eigenvalue weighted by molar-refractivity contribution is 5.85. The molecule has 2 nitrogen and oxygen atoms in total. The summed E-state index contributed by atoms with van der Waals surface area (Å²) in [5, 5.41) is 0.712. The van der Waals surface area contributed by atoms with Gasteiger partial charge >= 0.3 is 0 Å². The first kappa shape index (κ1) is 10.6. The van der Waals surface area contributed by atoms with Crippen molar-refractivity contribution in [2.75, 3.05) is 0 Å². The zero-order valence-corrected chi connectivity index (χ0v) is 9.01. The molecule has 0 fully saturated rings. The minimum atomic E-state index is -0.414. The maximum Gasteiger partial charge on any atom is 0.256 e. The van der Waals surface area contributed by atoms with Gasteiger partial charge < -0.3 is 4.98 Å². The van der Waals surface area contributed by atoms with Gasteiger partial charge in [-0.3, -0.25) is 4.79 Å². The molecule has 0 radical (unpaired) electrons. The van der Waals surface area contributed by atoms with Crippen molar-refractivity contribution in [3.63, 3.8) is 0 Å². The van der Waals surface area contributed by atoms with Crippen molar-refractivity contribution in [1.29, 1.82) is 0 Å². The highest BCUT2D eigenvalue weighted by Crippen LogP contribution is 2.21. The lowest BCUT2D eigenvalue weighted by atomic mass is 10.0. The maximum absolute atomic E-state index is 13.4. The molecule has 1 N–H and O–H groups in total. The fourth-order valence-electron chi connectivity index (χ4n) is 1.65. The third kappa shape index (κ3) is 1.65. The largest absolute Gasteiger partial charge is 0.326 e. The van der Waals surface area contributed by atoms with E-state index in [4.69, 9.17) is 0 Å². The van der Waals surface area contributed by atoms with E-state index in [1.807, 2.05) is 6.92 Å². The van der Waals surface area contributed by atoms with Crippen molar-refractivity contribution in [3.05, 3.63) is 52.7 Å². The Morgan fingerprint density at radius 2 is 2.19 bits per heavy atom. The molecule has 2 rings (SSSR count). The summed E-state index contributed by atoms with van der Waals surface area (Å²) in [5.74, 6) is -0.414. The van der Waals surface area contributed by atoms with Crippen LogP contribution in [0.3, 0.4) is 0 Å². The van der Waals surface area contributed by atoms with Crippen LogP contribution >= 0.6 is 0 Å². The van der Waals surface area contributed by atoms with E-state index in [0.717, 1.165) is 23.8 Å². The molecule has 0 amide bonds. The molecule has 1 aromatic carbocycles. The monoisotopic (exact) mass is 217 g/mol. The van der Waals surface area contributed by atoms with E-state index in [2.05, 4.69) is 11.6 Å². The van der Waals surface area contributed by atoms with Crippen LogP contribution < -0.4 is 5.56 Å². The number of rotatable bonds is 2. The summed E-state index contributed by atoms with van der Waals surface area (Å²) in [6.45, 7) is 5.88. The Labute approximate surface area is 92.4 Å². The smallest absolute Gasteiger partial charge is 0.256 e. The van der Waals surface area contributed by atoms with Gasteiger partial charge in [-0.1, -0.05) is 25.6 Å². The number of benzene rings is 1. The van der Waals surface area contributed by atoms with Gasteiger partial charge in [0, 0.05) is 11.6 Å². The van der Waals surface area contributed by atoms with E-state index in [-0.39, 0.29) is 5.56 Å². The normalized spacial score (nSPS) is 10.6. The van der Waals surface area contributed by atoms with Crippen LogP contribution in [0.5, 0.6) is 0 Å². The SMILES string of the molecule is C=C(CC)c1ccc2c(F)c[nH]c(=O)c2c1. The Morgan fingerprint density at radius 1 is 1.44 bits per heavy atom. The second kappa shape index (κ2) is 3.93. The third-order valence-electron chi connectivity index (χ3n) is 2.69. The predicted molar refractivity (Wildman–Crippen MR) is 63.9 cm³/mol. The Balaban J connectivity index is 2.76. The fourth-order valence-corrected chi connectivity index (χ4v) is 1.65. The van der Waals surface area contributed by atoms with Crippen molar-refractivity contribution >= 4 is 16.3 Å². The number of halogens is 1. The number of hydrogen-bond donors (Lipinski definition) is 1. The predicted octanol–water partition coefficient (Wildman–Crippen LogP) is 3.09. The summed E-state index contributed by atoms with van der Waals surface area (Å²) in [4.78, 5) is 13.9. The minimum absolute atomic E-state index is 0.276. The molecular formula is C13H12FNO. The zero-order valence-electron chi connectivity index (χ0n) is 9.01. The molecule has 0 aliphatic heterocycles. The molecule has 0 bridgehead atoms. The lowest BCUT2D eigenvalue weighted by molar-refractivity contribution is 0.633. The van der Waals surface area contributed by atoms with E-state index in [0.29, 0.717) is 10.8 Å². The molecule has 82 valence electrons. The topological polar surface area (TPSA) is 32.9 Å². The Hall–Kier alpha value is -1.90. The first-order chi connectivity index (χ1) is 7.63. The quantitative estimate of drug-likeness (QED) is 0.823. The number of fused-ring (bicyclic) bond motifs is 1. The van der Waals surface area contributed by atoms with Gasteiger partial charge in [-0.05, 0) is 23.6 Å². The van der Waals surface area contributed by atoms with Crippen LogP contribution in [0.15, 0.2) is 35.8 Å². The number of H-pyrrole nitrogens is 1. The molecule has 1 heterocycles. The average molecular weight is 217 g/mol. The first-order valence-electron chi connectivity index (χ1n) is 5.12. The van der Waals surface area contributed by atoms with Gasteiger partial charge in [-0.2, -0.15) is 0 Å². The first-order valence-corrected chi connectivity index (χ1v) is 5.12. The molecule has 1 aromatic heterocycles. The molecule has 0 atom stereocenters. The van der Waals surface area contributed by atoms with Crippen molar-refractivity contribution in [2.24, 2.45) is 0 Å². The summed E-state index contributed by atoms with van der Waals surface area (Å²) >= 11 is 0. The lowest BCUT2D eigenvalue weighted by Crippen LogP contribution is -2.06. The van der Waals surface area contributed by atoms with E-state index >= 15 is 0 Å². The zero-order chi connectivity index (χ0) is 11.7. The number of nitrogens with one attached hydrogen (secondary N) is 1. The number of pyridine rings is 1. The molecule has 0 saturated heterocycles. The molecule has 0 saturated carbocycles. The van der Waals surface area contributed by atoms with E-state index in [9.17, 15) is 9.18 Å². The molecular weight excluding hydrogens is 205 g/mol. The summed E-state index contributed by atoms with van der Waals surface area (Å²) in [7, 11) is 0. The highest BCUT2D eigenvalue weighted by atomic mass is 19.1. The number of allylic oxidation sites excluding steroid dienone is 1. The van der Waals surface area contributed by atoms with Crippen molar-refractivity contribution in [2.45, 2.75) is 13.3 Å². The number of hydrogen-bond acceptors (Lipinski definition) is 1. The van der Waals surface area contributed by atoms with Gasteiger partial charge in [0.25, 0.3) is 5.56 Å². The van der Waals surface area contributed by atoms with Crippen molar-refractivity contribution < 1.29 is 4.39 Å². The standard InChI is InChI=1S/C13H12FNO/c1-3-8(2)9-4-5-10-11(6-9)13(16)15-7-12(10)14/h4-7H,2-3H2,1H3,(H,15,16). The van der Waals surface area contributed by atoms with Gasteiger partial charge in [-0.15, -0.1) is 0 Å². The highest BCUT2D eigenvalue weighted by Gasteiger charge is 2.06. The summed E-state index contributed by atoms with van der Waals surface area (Å²) < 4.78 is 13.4. The number of aromatic nitrogens is 1. The summed E-state index contributed by atoms with van der Waals surface area (Å²) in [6, 6.07) is 5.09. The van der Waals surface area contributed by atoms with Crippen LogP contribution in [0.1, 0.15) is 18.9 Å². The molecule has 0 spiro atoms. The molecule has 0 unspecified atom stereocenters. The van der Waals surface area contributed by atoms with E-state index in [1.54, 1.807) is 18.2 Å². The maximum atomic E-state index is 13.4. The fraction of sp³-hybridized carbons (Fsp3) is 0.154. The molecule has 0 aliphatic carbocycles. The minimum Gasteiger partial charge on any atom is -0.326 e. The van der Waals surface area contributed by atoms with Gasteiger partial charge in [-0.25, -0.2) is 4.39 Å². The molecule has 16 heavy (non-hydrogen) atoms.